The maximum atomic E-state index is 12.2. The molecule has 0 fully saturated rings. The highest BCUT2D eigenvalue weighted by atomic mass is 32.2. The quantitative estimate of drug-likeness (QED) is 0.909. The molecule has 0 saturated carbocycles. The van der Waals surface area contributed by atoms with E-state index >= 15 is 0 Å². The van der Waals surface area contributed by atoms with E-state index in [1.165, 1.54) is 13.2 Å². The molecule has 1 aliphatic heterocycles. The lowest BCUT2D eigenvalue weighted by Gasteiger charge is -2.21. The van der Waals surface area contributed by atoms with Crippen LogP contribution in [-0.2, 0) is 10.0 Å². The van der Waals surface area contributed by atoms with Crippen LogP contribution in [0.5, 0.6) is 11.5 Å². The van der Waals surface area contributed by atoms with Crippen molar-refractivity contribution in [3.8, 4) is 11.5 Å². The summed E-state index contributed by atoms with van der Waals surface area (Å²) >= 11 is 0. The molecule has 0 bridgehead atoms. The number of aromatic hydroxyl groups is 1. The number of hydrazone groups is 1. The molecule has 3 rings (SSSR count). The van der Waals surface area contributed by atoms with Gasteiger partial charge in [0.25, 0.3) is 0 Å². The topological polar surface area (TPSA) is 79.2 Å². The fraction of sp³-hybridized carbons (Fsp3) is 0.278. The molecule has 0 radical (unpaired) electrons. The van der Waals surface area contributed by atoms with Crippen molar-refractivity contribution in [3.63, 3.8) is 0 Å². The van der Waals surface area contributed by atoms with Crippen LogP contribution in [0.4, 0.5) is 0 Å². The van der Waals surface area contributed by atoms with Gasteiger partial charge in [0.05, 0.1) is 25.1 Å². The van der Waals surface area contributed by atoms with E-state index in [4.69, 9.17) is 4.74 Å². The highest BCUT2D eigenvalue weighted by molar-refractivity contribution is 7.88. The molecule has 1 atom stereocenters. The van der Waals surface area contributed by atoms with Crippen molar-refractivity contribution < 1.29 is 18.3 Å². The molecular formula is C18H20N2O4S. The van der Waals surface area contributed by atoms with Crippen LogP contribution >= 0.6 is 0 Å². The maximum absolute atomic E-state index is 12.2. The Morgan fingerprint density at radius 2 is 1.88 bits per heavy atom. The van der Waals surface area contributed by atoms with Crippen molar-refractivity contribution in [2.24, 2.45) is 5.10 Å². The Morgan fingerprint density at radius 3 is 2.44 bits per heavy atom. The van der Waals surface area contributed by atoms with E-state index in [2.05, 4.69) is 5.10 Å². The summed E-state index contributed by atoms with van der Waals surface area (Å²) in [6.07, 6.45) is 1.58. The molecule has 25 heavy (non-hydrogen) atoms. The fourth-order valence-corrected chi connectivity index (χ4v) is 3.78. The minimum atomic E-state index is -3.52. The molecule has 1 N–H and O–H groups in total. The minimum absolute atomic E-state index is 0.00704. The summed E-state index contributed by atoms with van der Waals surface area (Å²) in [5.74, 6) is 0.352. The Kier molecular flexibility index (Phi) is 4.43. The first kappa shape index (κ1) is 17.3. The van der Waals surface area contributed by atoms with Crippen molar-refractivity contribution in [1.82, 2.24) is 4.41 Å². The van der Waals surface area contributed by atoms with Crippen LogP contribution in [0.1, 0.15) is 29.2 Å². The molecule has 6 nitrogen and oxygen atoms in total. The predicted molar refractivity (Wildman–Crippen MR) is 96.4 cm³/mol. The van der Waals surface area contributed by atoms with Crippen LogP contribution in [0, 0.1) is 6.92 Å². The zero-order valence-electron chi connectivity index (χ0n) is 14.3. The van der Waals surface area contributed by atoms with Crippen LogP contribution in [-0.4, -0.2) is 37.0 Å². The van der Waals surface area contributed by atoms with Crippen molar-refractivity contribution in [1.29, 1.82) is 0 Å². The molecule has 1 aliphatic rings. The van der Waals surface area contributed by atoms with E-state index in [9.17, 15) is 13.5 Å². The molecule has 0 saturated heterocycles. The summed E-state index contributed by atoms with van der Waals surface area (Å²) in [6, 6.07) is 12.3. The summed E-state index contributed by atoms with van der Waals surface area (Å²) < 4.78 is 30.5. The number of methoxy groups -OCH3 is 1. The van der Waals surface area contributed by atoms with Crippen LogP contribution < -0.4 is 4.74 Å². The number of phenolic OH excluding ortho intramolecular Hbond substituents is 1. The monoisotopic (exact) mass is 360 g/mol. The van der Waals surface area contributed by atoms with Gasteiger partial charge in [-0.2, -0.15) is 9.52 Å². The molecule has 0 aliphatic carbocycles. The predicted octanol–water partition coefficient (Wildman–Crippen LogP) is 2.82. The third-order valence-corrected chi connectivity index (χ3v) is 5.20. The number of aryl methyl sites for hydroxylation is 1. The normalized spacial score (nSPS) is 17.5. The molecule has 0 aromatic heterocycles. The first-order chi connectivity index (χ1) is 11.8. The number of ether oxygens (including phenoxy) is 1. The summed E-state index contributed by atoms with van der Waals surface area (Å²) in [7, 11) is -2.04. The van der Waals surface area contributed by atoms with Crippen molar-refractivity contribution in [3.05, 3.63) is 59.2 Å². The molecule has 1 heterocycles. The lowest BCUT2D eigenvalue weighted by Crippen LogP contribution is -2.25. The number of phenols is 1. The van der Waals surface area contributed by atoms with Gasteiger partial charge in [0.2, 0.25) is 10.0 Å². The van der Waals surface area contributed by atoms with Gasteiger partial charge in [-0.1, -0.05) is 29.8 Å². The average Bonchev–Trinajstić information content (AvgIpc) is 3.01. The molecule has 2 aromatic rings. The second-order valence-corrected chi connectivity index (χ2v) is 7.94. The van der Waals surface area contributed by atoms with Gasteiger partial charge in [-0.15, -0.1) is 0 Å². The van der Waals surface area contributed by atoms with Crippen LogP contribution in [0.3, 0.4) is 0 Å². The van der Waals surface area contributed by atoms with Gasteiger partial charge < -0.3 is 9.84 Å². The van der Waals surface area contributed by atoms with Gasteiger partial charge in [-0.25, -0.2) is 8.42 Å². The number of sulfonamides is 1. The second kappa shape index (κ2) is 6.40. The first-order valence-corrected chi connectivity index (χ1v) is 9.65. The van der Waals surface area contributed by atoms with Crippen LogP contribution in [0.2, 0.25) is 0 Å². The lowest BCUT2D eigenvalue weighted by atomic mass is 9.98. The molecule has 7 heteroatoms. The van der Waals surface area contributed by atoms with E-state index in [0.717, 1.165) is 21.8 Å². The third kappa shape index (κ3) is 3.46. The standard InChI is InChI=1S/C18H20N2O4S/c1-12-4-6-13(7-5-12)16-11-15(19-20(16)25(3,22)23)14-8-9-18(24-2)17(21)10-14/h4-10,16,21H,11H2,1-3H3. The number of nitrogens with zero attached hydrogens (tertiary/aromatic N) is 2. The lowest BCUT2D eigenvalue weighted by molar-refractivity contribution is 0.373. The first-order valence-electron chi connectivity index (χ1n) is 7.80. The van der Waals surface area contributed by atoms with E-state index in [1.54, 1.807) is 12.1 Å². The SMILES string of the molecule is COc1ccc(C2=NN(S(C)(=O)=O)C(c3ccc(C)cc3)C2)cc1O. The summed E-state index contributed by atoms with van der Waals surface area (Å²) in [5, 5.41) is 14.3. The molecular weight excluding hydrogens is 340 g/mol. The van der Waals surface area contributed by atoms with Crippen molar-refractivity contribution in [2.45, 2.75) is 19.4 Å². The minimum Gasteiger partial charge on any atom is -0.504 e. The van der Waals surface area contributed by atoms with Crippen LogP contribution in [0.25, 0.3) is 0 Å². The van der Waals surface area contributed by atoms with Gasteiger partial charge in [0, 0.05) is 12.0 Å². The van der Waals surface area contributed by atoms with E-state index in [0.29, 0.717) is 23.4 Å². The number of benzene rings is 2. The Balaban J connectivity index is 1.99. The van der Waals surface area contributed by atoms with E-state index < -0.39 is 16.1 Å². The Labute approximate surface area is 147 Å². The fourth-order valence-electron chi connectivity index (χ4n) is 2.88. The highest BCUT2D eigenvalue weighted by Crippen LogP contribution is 2.36. The number of hydrogen-bond donors (Lipinski definition) is 1. The number of rotatable bonds is 4. The van der Waals surface area contributed by atoms with Gasteiger partial charge in [-0.05, 0) is 30.7 Å². The zero-order valence-corrected chi connectivity index (χ0v) is 15.1. The largest absolute Gasteiger partial charge is 0.504 e. The molecule has 1 unspecified atom stereocenters. The highest BCUT2D eigenvalue weighted by Gasteiger charge is 2.34. The molecule has 0 amide bonds. The van der Waals surface area contributed by atoms with Gasteiger partial charge in [-0.3, -0.25) is 0 Å². The third-order valence-electron chi connectivity index (χ3n) is 4.19. The molecule has 2 aromatic carbocycles. The van der Waals surface area contributed by atoms with Crippen molar-refractivity contribution >= 4 is 15.7 Å². The van der Waals surface area contributed by atoms with E-state index in [-0.39, 0.29) is 5.75 Å². The van der Waals surface area contributed by atoms with E-state index in [1.807, 2.05) is 31.2 Å². The van der Waals surface area contributed by atoms with Crippen LogP contribution in [0.15, 0.2) is 47.6 Å². The molecule has 132 valence electrons. The smallest absolute Gasteiger partial charge is 0.247 e. The van der Waals surface area contributed by atoms with Crippen molar-refractivity contribution in [2.75, 3.05) is 13.4 Å². The van der Waals surface area contributed by atoms with Gasteiger partial charge in [0.15, 0.2) is 11.5 Å². The number of hydrogen-bond acceptors (Lipinski definition) is 5. The second-order valence-electron chi connectivity index (χ2n) is 6.10. The summed E-state index contributed by atoms with van der Waals surface area (Å²) in [5.41, 5.74) is 3.26. The van der Waals surface area contributed by atoms with Gasteiger partial charge >= 0.3 is 0 Å². The Bertz CT molecular complexity index is 921. The maximum Gasteiger partial charge on any atom is 0.247 e. The summed E-state index contributed by atoms with van der Waals surface area (Å²) in [4.78, 5) is 0. The summed E-state index contributed by atoms with van der Waals surface area (Å²) in [6.45, 7) is 1.98. The Morgan fingerprint density at radius 1 is 1.20 bits per heavy atom. The average molecular weight is 360 g/mol. The Hall–Kier alpha value is -2.54. The zero-order chi connectivity index (χ0) is 18.2. The van der Waals surface area contributed by atoms with Gasteiger partial charge in [0.1, 0.15) is 0 Å². The molecule has 0 spiro atoms.